The van der Waals surface area contributed by atoms with E-state index >= 15 is 0 Å². The first-order valence-corrected chi connectivity index (χ1v) is 15.1. The Balaban J connectivity index is 1.31. The largest absolute Gasteiger partial charge is 0.452 e. The van der Waals surface area contributed by atoms with E-state index in [4.69, 9.17) is 14.4 Å². The molecule has 0 aliphatic rings. The molecule has 0 aliphatic heterocycles. The molecule has 0 saturated heterocycles. The highest BCUT2D eigenvalue weighted by atomic mass is 16.3. The Morgan fingerprint density at radius 1 is 0.444 bits per heavy atom. The monoisotopic (exact) mass is 576 g/mol. The van der Waals surface area contributed by atoms with Gasteiger partial charge in [-0.25, -0.2) is 9.97 Å². The summed E-state index contributed by atoms with van der Waals surface area (Å²) in [6.45, 7) is 0. The zero-order valence-corrected chi connectivity index (χ0v) is 24.1. The van der Waals surface area contributed by atoms with Crippen molar-refractivity contribution in [2.75, 3.05) is 0 Å². The molecule has 4 aromatic heterocycles. The minimum Gasteiger partial charge on any atom is -0.452 e. The Morgan fingerprint density at radius 3 is 1.71 bits per heavy atom. The number of furan rings is 1. The Hall–Kier alpha value is -6.20. The third-order valence-electron chi connectivity index (χ3n) is 8.95. The van der Waals surface area contributed by atoms with Gasteiger partial charge in [0, 0.05) is 38.2 Å². The summed E-state index contributed by atoms with van der Waals surface area (Å²) in [5.74, 6) is 0.619. The fraction of sp³-hybridized carbons (Fsp3) is 0. The van der Waals surface area contributed by atoms with Crippen molar-refractivity contribution in [2.24, 2.45) is 0 Å². The van der Waals surface area contributed by atoms with Gasteiger partial charge in [0.05, 0.1) is 22.1 Å². The molecule has 45 heavy (non-hydrogen) atoms. The van der Waals surface area contributed by atoms with Gasteiger partial charge in [-0.1, -0.05) is 91.0 Å². The van der Waals surface area contributed by atoms with Crippen LogP contribution in [0.2, 0.25) is 0 Å². The van der Waals surface area contributed by atoms with E-state index in [0.717, 1.165) is 55.4 Å². The van der Waals surface area contributed by atoms with Gasteiger partial charge in [0.25, 0.3) is 0 Å². The highest BCUT2D eigenvalue weighted by Gasteiger charge is 2.22. The minimum absolute atomic E-state index is 0.619. The van der Waals surface area contributed by atoms with Crippen molar-refractivity contribution in [1.82, 2.24) is 19.1 Å². The molecule has 10 aromatic rings. The summed E-state index contributed by atoms with van der Waals surface area (Å²) in [6.07, 6.45) is 0. The summed E-state index contributed by atoms with van der Waals surface area (Å²) in [5, 5.41) is 5.67. The summed E-state index contributed by atoms with van der Waals surface area (Å²) in [4.78, 5) is 10.5. The van der Waals surface area contributed by atoms with Crippen LogP contribution in [-0.2, 0) is 0 Å². The summed E-state index contributed by atoms with van der Waals surface area (Å²) in [6, 6.07) is 50.7. The lowest BCUT2D eigenvalue weighted by atomic mass is 10.1. The maximum absolute atomic E-state index is 6.52. The van der Waals surface area contributed by atoms with Crippen LogP contribution in [0.1, 0.15) is 0 Å². The van der Waals surface area contributed by atoms with Crippen molar-refractivity contribution in [2.45, 2.75) is 0 Å². The predicted molar refractivity (Wildman–Crippen MR) is 183 cm³/mol. The maximum Gasteiger partial charge on any atom is 0.236 e. The molecule has 5 heteroatoms. The maximum atomic E-state index is 6.52. The SMILES string of the molecule is c1ccc(-n2c3ccccc3c3cc(-c4nc(-n5c6ccccc6c6ccccc65)nc5c4oc4ccccc45)ccc32)cc1. The zero-order valence-electron chi connectivity index (χ0n) is 24.1. The molecule has 0 unspecified atom stereocenters. The van der Waals surface area contributed by atoms with E-state index in [2.05, 4.69) is 137 Å². The van der Waals surface area contributed by atoms with Gasteiger partial charge in [-0.15, -0.1) is 0 Å². The number of hydrogen-bond acceptors (Lipinski definition) is 3. The molecule has 0 atom stereocenters. The average molecular weight is 577 g/mol. The molecule has 10 rings (SSSR count). The van der Waals surface area contributed by atoms with Gasteiger partial charge in [-0.05, 0) is 54.6 Å². The van der Waals surface area contributed by atoms with E-state index in [0.29, 0.717) is 11.5 Å². The van der Waals surface area contributed by atoms with Crippen LogP contribution in [0.15, 0.2) is 150 Å². The van der Waals surface area contributed by atoms with Crippen LogP contribution in [0.25, 0.3) is 88.6 Å². The fourth-order valence-corrected chi connectivity index (χ4v) is 6.99. The smallest absolute Gasteiger partial charge is 0.236 e. The summed E-state index contributed by atoms with van der Waals surface area (Å²) in [5.41, 5.74) is 9.61. The number of nitrogens with zero attached hydrogens (tertiary/aromatic N) is 4. The van der Waals surface area contributed by atoms with Crippen molar-refractivity contribution < 1.29 is 4.42 Å². The lowest BCUT2D eigenvalue weighted by molar-refractivity contribution is 0.666. The predicted octanol–water partition coefficient (Wildman–Crippen LogP) is 10.2. The average Bonchev–Trinajstić information content (AvgIpc) is 3.76. The number of benzene rings is 6. The third kappa shape index (κ3) is 3.43. The van der Waals surface area contributed by atoms with Crippen molar-refractivity contribution in [3.05, 3.63) is 146 Å². The number of fused-ring (bicyclic) bond motifs is 9. The first-order chi connectivity index (χ1) is 22.3. The molecule has 210 valence electrons. The highest BCUT2D eigenvalue weighted by molar-refractivity contribution is 6.13. The van der Waals surface area contributed by atoms with Crippen LogP contribution in [0.3, 0.4) is 0 Å². The molecule has 4 heterocycles. The van der Waals surface area contributed by atoms with Crippen LogP contribution in [0, 0.1) is 0 Å². The van der Waals surface area contributed by atoms with E-state index in [1.165, 1.54) is 21.7 Å². The number of hydrogen-bond donors (Lipinski definition) is 0. The first-order valence-electron chi connectivity index (χ1n) is 15.1. The van der Waals surface area contributed by atoms with E-state index in [1.54, 1.807) is 0 Å². The molecular weight excluding hydrogens is 552 g/mol. The minimum atomic E-state index is 0.619. The molecule has 0 saturated carbocycles. The summed E-state index contributed by atoms with van der Waals surface area (Å²) >= 11 is 0. The molecule has 0 amide bonds. The van der Waals surface area contributed by atoms with Crippen molar-refractivity contribution >= 4 is 65.7 Å². The third-order valence-corrected chi connectivity index (χ3v) is 8.95. The normalized spacial score (nSPS) is 12.0. The lowest BCUT2D eigenvalue weighted by Gasteiger charge is -2.10. The van der Waals surface area contributed by atoms with E-state index < -0.39 is 0 Å². The first kappa shape index (κ1) is 24.3. The Kier molecular flexibility index (Phi) is 4.93. The van der Waals surface area contributed by atoms with Crippen LogP contribution < -0.4 is 0 Å². The standard InChI is InChI=1S/C40H24N4O/c1-2-12-26(13-3-1)43-32-18-8-6-16-29(32)31-24-25(22-23-35(31)43)37-39-38(30-17-7-11-21-36(30)45-39)42-40(41-37)44-33-19-9-4-14-27(33)28-15-5-10-20-34(28)44/h1-24H. The van der Waals surface area contributed by atoms with Crippen LogP contribution in [-0.4, -0.2) is 19.1 Å². The quantitative estimate of drug-likeness (QED) is 0.210. The Morgan fingerprint density at radius 2 is 1.00 bits per heavy atom. The van der Waals surface area contributed by atoms with E-state index in [9.17, 15) is 0 Å². The van der Waals surface area contributed by atoms with Crippen molar-refractivity contribution in [3.8, 4) is 22.9 Å². The van der Waals surface area contributed by atoms with Gasteiger partial charge in [0.2, 0.25) is 5.95 Å². The molecule has 0 radical (unpaired) electrons. The zero-order chi connectivity index (χ0) is 29.5. The Bertz CT molecular complexity index is 2710. The number of aromatic nitrogens is 4. The number of para-hydroxylation sites is 5. The van der Waals surface area contributed by atoms with Crippen LogP contribution in [0.5, 0.6) is 0 Å². The van der Waals surface area contributed by atoms with Crippen LogP contribution >= 0.6 is 0 Å². The highest BCUT2D eigenvalue weighted by Crippen LogP contribution is 2.39. The van der Waals surface area contributed by atoms with Crippen molar-refractivity contribution in [3.63, 3.8) is 0 Å². The second kappa shape index (κ2) is 9.15. The molecular formula is C40H24N4O. The van der Waals surface area contributed by atoms with Gasteiger partial charge in [-0.3, -0.25) is 4.57 Å². The number of rotatable bonds is 3. The van der Waals surface area contributed by atoms with E-state index in [-0.39, 0.29) is 0 Å². The molecule has 0 bridgehead atoms. The molecule has 0 aliphatic carbocycles. The molecule has 6 aromatic carbocycles. The van der Waals surface area contributed by atoms with Gasteiger partial charge < -0.3 is 8.98 Å². The second-order valence-electron chi connectivity index (χ2n) is 11.4. The van der Waals surface area contributed by atoms with Gasteiger partial charge >= 0.3 is 0 Å². The summed E-state index contributed by atoms with van der Waals surface area (Å²) in [7, 11) is 0. The molecule has 5 nitrogen and oxygen atoms in total. The second-order valence-corrected chi connectivity index (χ2v) is 11.4. The topological polar surface area (TPSA) is 48.8 Å². The van der Waals surface area contributed by atoms with Gasteiger partial charge in [0.15, 0.2) is 5.58 Å². The summed E-state index contributed by atoms with van der Waals surface area (Å²) < 4.78 is 11.0. The fourth-order valence-electron chi connectivity index (χ4n) is 6.99. The molecule has 0 fully saturated rings. The molecule has 0 N–H and O–H groups in total. The molecule has 0 spiro atoms. The lowest BCUT2D eigenvalue weighted by Crippen LogP contribution is -2.02. The van der Waals surface area contributed by atoms with Crippen molar-refractivity contribution in [1.29, 1.82) is 0 Å². The van der Waals surface area contributed by atoms with Crippen LogP contribution in [0.4, 0.5) is 0 Å². The Labute approximate surface area is 257 Å². The van der Waals surface area contributed by atoms with E-state index in [1.807, 2.05) is 18.2 Å². The van der Waals surface area contributed by atoms with Gasteiger partial charge in [0.1, 0.15) is 16.8 Å². The van der Waals surface area contributed by atoms with Gasteiger partial charge in [-0.2, -0.15) is 0 Å².